The fourth-order valence-corrected chi connectivity index (χ4v) is 3.51. The van der Waals surface area contributed by atoms with Crippen LogP contribution in [0.4, 0.5) is 0 Å². The molecule has 1 fully saturated rings. The SMILES string of the molecule is CCc1cc(CC(N)CC2CCCCCC2)n(CC)n1. The van der Waals surface area contributed by atoms with Crippen LogP contribution in [0.5, 0.6) is 0 Å². The molecule has 0 amide bonds. The van der Waals surface area contributed by atoms with Gasteiger partial charge in [-0.1, -0.05) is 45.4 Å². The van der Waals surface area contributed by atoms with E-state index in [9.17, 15) is 0 Å². The number of aryl methyl sites for hydroxylation is 2. The molecule has 1 saturated carbocycles. The van der Waals surface area contributed by atoms with Crippen molar-refractivity contribution in [3.63, 3.8) is 0 Å². The van der Waals surface area contributed by atoms with Crippen LogP contribution in [0.3, 0.4) is 0 Å². The Morgan fingerprint density at radius 1 is 1.25 bits per heavy atom. The van der Waals surface area contributed by atoms with Gasteiger partial charge in [0.1, 0.15) is 0 Å². The van der Waals surface area contributed by atoms with Crippen LogP contribution in [-0.2, 0) is 19.4 Å². The molecule has 0 saturated heterocycles. The Morgan fingerprint density at radius 3 is 2.55 bits per heavy atom. The number of aromatic nitrogens is 2. The normalized spacial score (nSPS) is 18.9. The average molecular weight is 277 g/mol. The molecule has 0 aromatic carbocycles. The molecule has 2 N–H and O–H groups in total. The number of nitrogens with two attached hydrogens (primary N) is 1. The van der Waals surface area contributed by atoms with E-state index in [1.165, 1.54) is 56.3 Å². The van der Waals surface area contributed by atoms with Gasteiger partial charge in [0.25, 0.3) is 0 Å². The molecular weight excluding hydrogens is 246 g/mol. The topological polar surface area (TPSA) is 43.8 Å². The van der Waals surface area contributed by atoms with Gasteiger partial charge in [0, 0.05) is 24.7 Å². The van der Waals surface area contributed by atoms with E-state index < -0.39 is 0 Å². The van der Waals surface area contributed by atoms with E-state index in [0.29, 0.717) is 6.04 Å². The maximum atomic E-state index is 6.42. The van der Waals surface area contributed by atoms with Crippen molar-refractivity contribution in [3.8, 4) is 0 Å². The molecule has 20 heavy (non-hydrogen) atoms. The van der Waals surface area contributed by atoms with Gasteiger partial charge in [-0.15, -0.1) is 0 Å². The summed E-state index contributed by atoms with van der Waals surface area (Å²) in [5.41, 5.74) is 8.94. The molecule has 0 aliphatic heterocycles. The van der Waals surface area contributed by atoms with Crippen molar-refractivity contribution in [2.75, 3.05) is 0 Å². The zero-order chi connectivity index (χ0) is 14.4. The Bertz CT molecular complexity index is 389. The van der Waals surface area contributed by atoms with Gasteiger partial charge in [0.05, 0.1) is 5.69 Å². The Kier molecular flexibility index (Phi) is 6.08. The second-order valence-corrected chi connectivity index (χ2v) is 6.35. The standard InChI is InChI=1S/C17H31N3/c1-3-16-13-17(20(4-2)19-16)12-15(18)11-14-9-7-5-6-8-10-14/h13-15H,3-12,18H2,1-2H3. The molecule has 2 rings (SSSR count). The van der Waals surface area contributed by atoms with Crippen LogP contribution >= 0.6 is 0 Å². The lowest BCUT2D eigenvalue weighted by Crippen LogP contribution is -2.27. The van der Waals surface area contributed by atoms with Gasteiger partial charge in [-0.05, 0) is 31.7 Å². The van der Waals surface area contributed by atoms with E-state index in [0.717, 1.165) is 25.3 Å². The third kappa shape index (κ3) is 4.34. The monoisotopic (exact) mass is 277 g/mol. The lowest BCUT2D eigenvalue weighted by Gasteiger charge is -2.19. The highest BCUT2D eigenvalue weighted by molar-refractivity contribution is 5.11. The van der Waals surface area contributed by atoms with Crippen LogP contribution in [-0.4, -0.2) is 15.8 Å². The molecule has 1 heterocycles. The number of nitrogens with zero attached hydrogens (tertiary/aromatic N) is 2. The maximum absolute atomic E-state index is 6.42. The summed E-state index contributed by atoms with van der Waals surface area (Å²) in [5.74, 6) is 0.858. The molecule has 0 spiro atoms. The van der Waals surface area contributed by atoms with Crippen molar-refractivity contribution in [1.82, 2.24) is 9.78 Å². The van der Waals surface area contributed by atoms with E-state index >= 15 is 0 Å². The Morgan fingerprint density at radius 2 is 1.95 bits per heavy atom. The number of hydrogen-bond acceptors (Lipinski definition) is 2. The first-order valence-corrected chi connectivity index (χ1v) is 8.54. The fraction of sp³-hybridized carbons (Fsp3) is 0.824. The molecule has 114 valence electrons. The minimum absolute atomic E-state index is 0.296. The lowest BCUT2D eigenvalue weighted by atomic mass is 9.91. The van der Waals surface area contributed by atoms with Gasteiger partial charge in [-0.3, -0.25) is 4.68 Å². The third-order valence-corrected chi connectivity index (χ3v) is 4.66. The van der Waals surface area contributed by atoms with Gasteiger partial charge in [0.15, 0.2) is 0 Å². The van der Waals surface area contributed by atoms with E-state index in [4.69, 9.17) is 5.73 Å². The predicted molar refractivity (Wildman–Crippen MR) is 84.8 cm³/mol. The van der Waals surface area contributed by atoms with E-state index in [-0.39, 0.29) is 0 Å². The molecule has 1 aromatic rings. The van der Waals surface area contributed by atoms with Crippen LogP contribution in [0, 0.1) is 5.92 Å². The van der Waals surface area contributed by atoms with Gasteiger partial charge in [-0.2, -0.15) is 5.10 Å². The van der Waals surface area contributed by atoms with Crippen LogP contribution in [0.2, 0.25) is 0 Å². The van der Waals surface area contributed by atoms with E-state index in [1.807, 2.05) is 0 Å². The van der Waals surface area contributed by atoms with Gasteiger partial charge < -0.3 is 5.73 Å². The summed E-state index contributed by atoms with van der Waals surface area (Å²) >= 11 is 0. The van der Waals surface area contributed by atoms with Crippen LogP contribution in [0.1, 0.15) is 70.2 Å². The summed E-state index contributed by atoms with van der Waals surface area (Å²) < 4.78 is 2.13. The molecule has 1 aliphatic rings. The average Bonchev–Trinajstić information content (AvgIpc) is 2.65. The highest BCUT2D eigenvalue weighted by Gasteiger charge is 2.17. The maximum Gasteiger partial charge on any atom is 0.0624 e. The van der Waals surface area contributed by atoms with E-state index in [2.05, 4.69) is 29.7 Å². The third-order valence-electron chi connectivity index (χ3n) is 4.66. The van der Waals surface area contributed by atoms with Crippen LogP contribution in [0.15, 0.2) is 6.07 Å². The molecule has 0 radical (unpaired) electrons. The zero-order valence-corrected chi connectivity index (χ0v) is 13.3. The summed E-state index contributed by atoms with van der Waals surface area (Å²) in [6.45, 7) is 5.27. The molecule has 1 unspecified atom stereocenters. The first-order chi connectivity index (χ1) is 9.72. The second kappa shape index (κ2) is 7.82. The van der Waals surface area contributed by atoms with Crippen molar-refractivity contribution >= 4 is 0 Å². The highest BCUT2D eigenvalue weighted by atomic mass is 15.3. The molecule has 3 nitrogen and oxygen atoms in total. The predicted octanol–water partition coefficient (Wildman–Crippen LogP) is 3.70. The smallest absolute Gasteiger partial charge is 0.0624 e. The molecule has 1 aliphatic carbocycles. The largest absolute Gasteiger partial charge is 0.327 e. The van der Waals surface area contributed by atoms with Crippen LogP contribution < -0.4 is 5.73 Å². The Labute approximate surface area is 123 Å². The Hall–Kier alpha value is -0.830. The van der Waals surface area contributed by atoms with Crippen molar-refractivity contribution < 1.29 is 0 Å². The summed E-state index contributed by atoms with van der Waals surface area (Å²) in [6.07, 6.45) is 11.6. The summed E-state index contributed by atoms with van der Waals surface area (Å²) in [5, 5.41) is 4.62. The second-order valence-electron chi connectivity index (χ2n) is 6.35. The molecule has 0 bridgehead atoms. The fourth-order valence-electron chi connectivity index (χ4n) is 3.51. The van der Waals surface area contributed by atoms with Crippen molar-refractivity contribution in [2.45, 2.75) is 84.2 Å². The summed E-state index contributed by atoms with van der Waals surface area (Å²) in [6, 6.07) is 2.54. The van der Waals surface area contributed by atoms with Crippen molar-refractivity contribution in [1.29, 1.82) is 0 Å². The minimum atomic E-state index is 0.296. The number of hydrogen-bond donors (Lipinski definition) is 1. The lowest BCUT2D eigenvalue weighted by molar-refractivity contribution is 0.383. The van der Waals surface area contributed by atoms with Crippen molar-refractivity contribution in [2.24, 2.45) is 11.7 Å². The van der Waals surface area contributed by atoms with Gasteiger partial charge >= 0.3 is 0 Å². The molecule has 1 atom stereocenters. The zero-order valence-electron chi connectivity index (χ0n) is 13.3. The molecule has 3 heteroatoms. The van der Waals surface area contributed by atoms with Crippen LogP contribution in [0.25, 0.3) is 0 Å². The molecule has 1 aromatic heterocycles. The van der Waals surface area contributed by atoms with Gasteiger partial charge in [0.2, 0.25) is 0 Å². The highest BCUT2D eigenvalue weighted by Crippen LogP contribution is 2.26. The van der Waals surface area contributed by atoms with Gasteiger partial charge in [-0.25, -0.2) is 0 Å². The Balaban J connectivity index is 1.89. The first kappa shape index (κ1) is 15.6. The minimum Gasteiger partial charge on any atom is -0.327 e. The number of rotatable bonds is 6. The first-order valence-electron chi connectivity index (χ1n) is 8.54. The van der Waals surface area contributed by atoms with E-state index in [1.54, 1.807) is 0 Å². The van der Waals surface area contributed by atoms with Crippen molar-refractivity contribution in [3.05, 3.63) is 17.5 Å². The summed E-state index contributed by atoms with van der Waals surface area (Å²) in [4.78, 5) is 0. The molecular formula is C17H31N3. The quantitative estimate of drug-likeness (QED) is 0.806. The summed E-state index contributed by atoms with van der Waals surface area (Å²) in [7, 11) is 0.